The standard InChI is InChI=1S/C12H24Cl2O/c1-3-5-7-9-11-15-12(13,14)10-8-6-4-2/h3-11H2,1-2H3. The van der Waals surface area contributed by atoms with Gasteiger partial charge in [-0.2, -0.15) is 0 Å². The normalized spacial score (nSPS) is 12.0. The molecule has 0 fully saturated rings. The number of unbranched alkanes of at least 4 members (excludes halogenated alkanes) is 5. The zero-order valence-corrected chi connectivity index (χ0v) is 11.5. The Labute approximate surface area is 104 Å². The largest absolute Gasteiger partial charge is 0.347 e. The summed E-state index contributed by atoms with van der Waals surface area (Å²) in [6.07, 6.45) is 8.88. The van der Waals surface area contributed by atoms with Gasteiger partial charge in [0.05, 0.1) is 6.61 Å². The summed E-state index contributed by atoms with van der Waals surface area (Å²) in [4.78, 5) is 0. The molecule has 0 N–H and O–H groups in total. The van der Waals surface area contributed by atoms with E-state index in [-0.39, 0.29) is 0 Å². The van der Waals surface area contributed by atoms with Gasteiger partial charge in [-0.1, -0.05) is 69.2 Å². The maximum atomic E-state index is 6.03. The molecule has 1 nitrogen and oxygen atoms in total. The van der Waals surface area contributed by atoms with Gasteiger partial charge >= 0.3 is 0 Å². The first kappa shape index (κ1) is 15.5. The molecule has 0 spiro atoms. The lowest BCUT2D eigenvalue weighted by atomic mass is 10.2. The molecule has 0 aliphatic heterocycles. The van der Waals surface area contributed by atoms with Crippen LogP contribution < -0.4 is 0 Å². The predicted octanol–water partition coefficient (Wildman–Crippen LogP) is 5.30. The highest BCUT2D eigenvalue weighted by Crippen LogP contribution is 2.29. The minimum atomic E-state index is -0.957. The van der Waals surface area contributed by atoms with E-state index in [1.54, 1.807) is 0 Å². The Hall–Kier alpha value is 0.540. The molecule has 0 aromatic rings. The van der Waals surface area contributed by atoms with Gasteiger partial charge in [0.2, 0.25) is 4.52 Å². The Bertz CT molecular complexity index is 138. The molecule has 0 saturated carbocycles. The third-order valence-electron chi connectivity index (χ3n) is 2.38. The Kier molecular flexibility index (Phi) is 10.1. The molecule has 0 radical (unpaired) electrons. The lowest BCUT2D eigenvalue weighted by Gasteiger charge is -2.20. The van der Waals surface area contributed by atoms with Crippen LogP contribution in [-0.4, -0.2) is 11.1 Å². The van der Waals surface area contributed by atoms with Gasteiger partial charge in [-0.3, -0.25) is 0 Å². The first-order chi connectivity index (χ1) is 7.12. The molecular weight excluding hydrogens is 231 g/mol. The summed E-state index contributed by atoms with van der Waals surface area (Å²) in [5.74, 6) is 0. The fourth-order valence-electron chi connectivity index (χ4n) is 1.40. The number of hydrogen-bond donors (Lipinski definition) is 0. The van der Waals surface area contributed by atoms with E-state index in [0.29, 0.717) is 6.61 Å². The summed E-state index contributed by atoms with van der Waals surface area (Å²) in [5, 5.41) is 0. The van der Waals surface area contributed by atoms with Crippen LogP contribution >= 0.6 is 23.2 Å². The van der Waals surface area contributed by atoms with Crippen molar-refractivity contribution in [2.75, 3.05) is 6.61 Å². The molecular formula is C12H24Cl2O. The van der Waals surface area contributed by atoms with Crippen molar-refractivity contribution in [1.29, 1.82) is 0 Å². The highest BCUT2D eigenvalue weighted by Gasteiger charge is 2.23. The molecule has 0 amide bonds. The van der Waals surface area contributed by atoms with Gasteiger partial charge in [0.15, 0.2) is 0 Å². The summed E-state index contributed by atoms with van der Waals surface area (Å²) in [5.41, 5.74) is 0. The molecule has 0 aliphatic carbocycles. The SMILES string of the molecule is CCCCCCOC(Cl)(Cl)CCCCC. The molecule has 0 aromatic heterocycles. The predicted molar refractivity (Wildman–Crippen MR) is 68.7 cm³/mol. The second-order valence-electron chi connectivity index (χ2n) is 4.00. The van der Waals surface area contributed by atoms with Crippen LogP contribution in [0.5, 0.6) is 0 Å². The van der Waals surface area contributed by atoms with Crippen molar-refractivity contribution in [3.63, 3.8) is 0 Å². The molecule has 0 rings (SSSR count). The Morgan fingerprint density at radius 2 is 1.47 bits per heavy atom. The van der Waals surface area contributed by atoms with Crippen LogP contribution in [-0.2, 0) is 4.74 Å². The Morgan fingerprint density at radius 3 is 2.07 bits per heavy atom. The van der Waals surface area contributed by atoms with Crippen LogP contribution in [0.25, 0.3) is 0 Å². The second-order valence-corrected chi connectivity index (χ2v) is 5.42. The first-order valence-electron chi connectivity index (χ1n) is 6.14. The lowest BCUT2D eigenvalue weighted by molar-refractivity contribution is 0.0674. The monoisotopic (exact) mass is 254 g/mol. The van der Waals surface area contributed by atoms with Gasteiger partial charge < -0.3 is 4.74 Å². The molecule has 0 bridgehead atoms. The number of halogens is 2. The van der Waals surface area contributed by atoms with Crippen molar-refractivity contribution in [2.24, 2.45) is 0 Å². The summed E-state index contributed by atoms with van der Waals surface area (Å²) in [6, 6.07) is 0. The minimum absolute atomic E-state index is 0.680. The number of ether oxygens (including phenoxy) is 1. The number of hydrogen-bond acceptors (Lipinski definition) is 1. The molecule has 0 aliphatic rings. The summed E-state index contributed by atoms with van der Waals surface area (Å²) < 4.78 is 4.50. The van der Waals surface area contributed by atoms with E-state index in [4.69, 9.17) is 27.9 Å². The van der Waals surface area contributed by atoms with Crippen LogP contribution in [0.4, 0.5) is 0 Å². The fourth-order valence-corrected chi connectivity index (χ4v) is 1.82. The van der Waals surface area contributed by atoms with E-state index in [0.717, 1.165) is 19.3 Å². The molecule has 0 atom stereocenters. The van der Waals surface area contributed by atoms with E-state index < -0.39 is 4.52 Å². The van der Waals surface area contributed by atoms with Crippen molar-refractivity contribution < 1.29 is 4.74 Å². The maximum Gasteiger partial charge on any atom is 0.217 e. The van der Waals surface area contributed by atoms with Crippen LogP contribution in [0.15, 0.2) is 0 Å². The van der Waals surface area contributed by atoms with Gasteiger partial charge in [0, 0.05) is 6.42 Å². The van der Waals surface area contributed by atoms with E-state index in [1.807, 2.05) is 0 Å². The van der Waals surface area contributed by atoms with Crippen molar-refractivity contribution in [3.05, 3.63) is 0 Å². The molecule has 3 heteroatoms. The molecule has 92 valence electrons. The second kappa shape index (κ2) is 9.74. The van der Waals surface area contributed by atoms with E-state index in [9.17, 15) is 0 Å². The minimum Gasteiger partial charge on any atom is -0.347 e. The summed E-state index contributed by atoms with van der Waals surface area (Å²) >= 11 is 12.1. The van der Waals surface area contributed by atoms with Crippen LogP contribution in [0.3, 0.4) is 0 Å². The zero-order valence-electron chi connectivity index (χ0n) is 10.0. The van der Waals surface area contributed by atoms with Crippen molar-refractivity contribution in [1.82, 2.24) is 0 Å². The quantitative estimate of drug-likeness (QED) is 0.380. The highest BCUT2D eigenvalue weighted by molar-refractivity contribution is 6.47. The summed E-state index contributed by atoms with van der Waals surface area (Å²) in [6.45, 7) is 5.04. The topological polar surface area (TPSA) is 9.23 Å². The molecule has 15 heavy (non-hydrogen) atoms. The van der Waals surface area contributed by atoms with E-state index in [2.05, 4.69) is 13.8 Å². The molecule has 0 heterocycles. The third-order valence-corrected chi connectivity index (χ3v) is 2.98. The average molecular weight is 255 g/mol. The molecule has 0 aromatic carbocycles. The van der Waals surface area contributed by atoms with Crippen molar-refractivity contribution in [3.8, 4) is 0 Å². The van der Waals surface area contributed by atoms with E-state index in [1.165, 1.54) is 32.1 Å². The van der Waals surface area contributed by atoms with Crippen molar-refractivity contribution >= 4 is 23.2 Å². The Morgan fingerprint density at radius 1 is 0.867 bits per heavy atom. The van der Waals surface area contributed by atoms with Gasteiger partial charge in [0.1, 0.15) is 0 Å². The van der Waals surface area contributed by atoms with Crippen LogP contribution in [0, 0.1) is 0 Å². The zero-order chi connectivity index (χ0) is 11.6. The van der Waals surface area contributed by atoms with E-state index >= 15 is 0 Å². The number of alkyl halides is 2. The fraction of sp³-hybridized carbons (Fsp3) is 1.00. The Balaban J connectivity index is 3.38. The smallest absolute Gasteiger partial charge is 0.217 e. The van der Waals surface area contributed by atoms with Crippen molar-refractivity contribution in [2.45, 2.75) is 69.7 Å². The third kappa shape index (κ3) is 10.8. The van der Waals surface area contributed by atoms with Gasteiger partial charge in [-0.05, 0) is 12.8 Å². The number of rotatable bonds is 10. The van der Waals surface area contributed by atoms with Gasteiger partial charge in [0.25, 0.3) is 0 Å². The average Bonchev–Trinajstić information content (AvgIpc) is 2.17. The van der Waals surface area contributed by atoms with Crippen LogP contribution in [0.2, 0.25) is 0 Å². The molecule has 0 unspecified atom stereocenters. The maximum absolute atomic E-state index is 6.03. The molecule has 0 saturated heterocycles. The highest BCUT2D eigenvalue weighted by atomic mass is 35.5. The van der Waals surface area contributed by atoms with Crippen LogP contribution in [0.1, 0.15) is 65.2 Å². The first-order valence-corrected chi connectivity index (χ1v) is 6.89. The van der Waals surface area contributed by atoms with Gasteiger partial charge in [-0.25, -0.2) is 0 Å². The lowest BCUT2D eigenvalue weighted by Crippen LogP contribution is -2.18. The summed E-state index contributed by atoms with van der Waals surface area (Å²) in [7, 11) is 0. The van der Waals surface area contributed by atoms with Gasteiger partial charge in [-0.15, -0.1) is 0 Å².